The van der Waals surface area contributed by atoms with Gasteiger partial charge in [0.2, 0.25) is 0 Å². The number of urea groups is 1. The Morgan fingerprint density at radius 1 is 1.05 bits per heavy atom. The van der Waals surface area contributed by atoms with Crippen molar-refractivity contribution < 1.29 is 18.3 Å². The quantitative estimate of drug-likeness (QED) is 0.515. The van der Waals surface area contributed by atoms with Gasteiger partial charge in [0.15, 0.2) is 10.7 Å². The Morgan fingerprint density at radius 3 is 2.33 bits per heavy atom. The van der Waals surface area contributed by atoms with Gasteiger partial charge in [0.25, 0.3) is 0 Å². The van der Waals surface area contributed by atoms with Gasteiger partial charge in [-0.2, -0.15) is 0 Å². The first-order valence-electron chi connectivity index (χ1n) is 5.76. The molecule has 0 radical (unpaired) electrons. The van der Waals surface area contributed by atoms with Crippen LogP contribution in [0.1, 0.15) is 0 Å². The first-order chi connectivity index (χ1) is 9.95. The fourth-order valence-electron chi connectivity index (χ4n) is 1.56. The highest BCUT2D eigenvalue weighted by Gasteiger charge is 2.07. The van der Waals surface area contributed by atoms with Crippen molar-refractivity contribution in [2.45, 2.75) is 4.90 Å². The molecule has 2 aromatic carbocycles. The summed E-state index contributed by atoms with van der Waals surface area (Å²) in [5.41, 5.74) is 0.578. The topological polar surface area (TPSA) is 95.5 Å². The summed E-state index contributed by atoms with van der Waals surface area (Å²) in [5, 5.41) is 14.9. The summed E-state index contributed by atoms with van der Waals surface area (Å²) in [7, 11) is -2.65. The fraction of sp³-hybridized carbons (Fsp3) is 0. The van der Waals surface area contributed by atoms with Gasteiger partial charge in [-0.3, -0.25) is 0 Å². The van der Waals surface area contributed by atoms with Gasteiger partial charge in [0.05, 0.1) is 10.6 Å². The molecule has 110 valence electrons. The van der Waals surface area contributed by atoms with E-state index in [0.717, 1.165) is 0 Å². The zero-order valence-electron chi connectivity index (χ0n) is 10.5. The molecule has 0 bridgehead atoms. The van der Waals surface area contributed by atoms with Crippen molar-refractivity contribution in [3.63, 3.8) is 0 Å². The zero-order chi connectivity index (χ0) is 15.4. The summed E-state index contributed by atoms with van der Waals surface area (Å²) in [6, 6.07) is 9.32. The number of hydrogen-bond donors (Lipinski definition) is 4. The second-order valence-electron chi connectivity index (χ2n) is 4.04. The lowest BCUT2D eigenvalue weighted by atomic mass is 10.3. The van der Waals surface area contributed by atoms with Crippen LogP contribution in [0.2, 0.25) is 5.02 Å². The highest BCUT2D eigenvalue weighted by Crippen LogP contribution is 2.26. The number of phenolic OH excluding ortho intramolecular Hbond substituents is 1. The van der Waals surface area contributed by atoms with E-state index in [2.05, 4.69) is 10.6 Å². The van der Waals surface area contributed by atoms with E-state index in [-0.39, 0.29) is 16.3 Å². The van der Waals surface area contributed by atoms with Gasteiger partial charge in [0.1, 0.15) is 5.75 Å². The third kappa shape index (κ3) is 4.11. The molecule has 0 atom stereocenters. The van der Waals surface area contributed by atoms with E-state index >= 15 is 0 Å². The number of phenols is 1. The monoisotopic (exact) mass is 326 g/mol. The molecule has 0 spiro atoms. The maximum Gasteiger partial charge on any atom is 0.323 e. The van der Waals surface area contributed by atoms with Crippen LogP contribution in [0.5, 0.6) is 5.75 Å². The molecule has 0 aliphatic rings. The number of aromatic hydroxyl groups is 1. The van der Waals surface area contributed by atoms with Crippen molar-refractivity contribution >= 4 is 39.7 Å². The molecule has 21 heavy (non-hydrogen) atoms. The summed E-state index contributed by atoms with van der Waals surface area (Å²) in [6.45, 7) is 0. The Bertz CT molecular complexity index is 736. The molecule has 0 saturated carbocycles. The Labute approximate surface area is 127 Å². The predicted octanol–water partition coefficient (Wildman–Crippen LogP) is 2.66. The molecular formula is C13H11ClN2O4S. The largest absolute Gasteiger partial charge is 0.506 e. The molecule has 0 unspecified atom stereocenters. The Balaban J connectivity index is 2.06. The number of nitrogens with one attached hydrogen (secondary N) is 2. The molecule has 2 amide bonds. The summed E-state index contributed by atoms with van der Waals surface area (Å²) in [4.78, 5) is 11.9. The summed E-state index contributed by atoms with van der Waals surface area (Å²) in [6.07, 6.45) is 0. The number of amides is 2. The van der Waals surface area contributed by atoms with Crippen molar-refractivity contribution in [1.82, 2.24) is 0 Å². The Hall–Kier alpha value is -2.25. The number of anilines is 2. The smallest absolute Gasteiger partial charge is 0.323 e. The van der Waals surface area contributed by atoms with Crippen LogP contribution in [-0.4, -0.2) is 19.6 Å². The van der Waals surface area contributed by atoms with E-state index < -0.39 is 16.7 Å². The van der Waals surface area contributed by atoms with Gasteiger partial charge in [-0.25, -0.2) is 13.2 Å². The van der Waals surface area contributed by atoms with Crippen LogP contribution in [0, 0.1) is 0 Å². The molecule has 6 nitrogen and oxygen atoms in total. The Kier molecular flexibility index (Phi) is 4.66. The lowest BCUT2D eigenvalue weighted by Crippen LogP contribution is -2.19. The highest BCUT2D eigenvalue weighted by atomic mass is 35.5. The minimum Gasteiger partial charge on any atom is -0.506 e. The number of carbonyl (C=O) groups is 1. The summed E-state index contributed by atoms with van der Waals surface area (Å²) >= 11 is 5.77. The van der Waals surface area contributed by atoms with Gasteiger partial charge in [0, 0.05) is 10.7 Å². The minimum absolute atomic E-state index is 0.117. The molecule has 0 aliphatic heterocycles. The van der Waals surface area contributed by atoms with E-state index in [0.29, 0.717) is 10.7 Å². The first kappa shape index (κ1) is 15.1. The van der Waals surface area contributed by atoms with Crippen LogP contribution in [0.25, 0.3) is 0 Å². The van der Waals surface area contributed by atoms with Gasteiger partial charge >= 0.3 is 6.03 Å². The maximum absolute atomic E-state index is 11.8. The molecule has 0 saturated heterocycles. The van der Waals surface area contributed by atoms with Crippen molar-refractivity contribution in [2.24, 2.45) is 0 Å². The van der Waals surface area contributed by atoms with Crippen LogP contribution in [-0.2, 0) is 10.7 Å². The maximum atomic E-state index is 11.8. The average Bonchev–Trinajstić information content (AvgIpc) is 2.43. The van der Waals surface area contributed by atoms with E-state index in [1.54, 1.807) is 0 Å². The lowest BCUT2D eigenvalue weighted by Gasteiger charge is -2.09. The SMILES string of the molecule is O=C(Nc1ccc([SH](=O)=O)cc1)Nc1cc(Cl)ccc1O. The van der Waals surface area contributed by atoms with Crippen molar-refractivity contribution in [1.29, 1.82) is 0 Å². The van der Waals surface area contributed by atoms with Crippen LogP contribution in [0.15, 0.2) is 47.4 Å². The number of benzene rings is 2. The second kappa shape index (κ2) is 6.47. The molecule has 8 heteroatoms. The molecule has 0 fully saturated rings. The fourth-order valence-corrected chi connectivity index (χ4v) is 2.12. The molecule has 0 aliphatic carbocycles. The van der Waals surface area contributed by atoms with Gasteiger partial charge in [-0.05, 0) is 42.5 Å². The lowest BCUT2D eigenvalue weighted by molar-refractivity contribution is 0.262. The molecule has 3 N–H and O–H groups in total. The minimum atomic E-state index is -2.65. The number of hydrogen-bond acceptors (Lipinski definition) is 4. The number of rotatable bonds is 3. The summed E-state index contributed by atoms with van der Waals surface area (Å²) in [5.74, 6) is -0.117. The molecular weight excluding hydrogens is 316 g/mol. The number of carbonyl (C=O) groups excluding carboxylic acids is 1. The van der Waals surface area contributed by atoms with Crippen LogP contribution < -0.4 is 10.6 Å². The van der Waals surface area contributed by atoms with E-state index in [9.17, 15) is 18.3 Å². The summed E-state index contributed by atoms with van der Waals surface area (Å²) < 4.78 is 21.5. The molecule has 2 rings (SSSR count). The number of thiol groups is 1. The zero-order valence-corrected chi connectivity index (χ0v) is 12.2. The third-order valence-corrected chi connectivity index (χ3v) is 3.50. The van der Waals surface area contributed by atoms with Crippen molar-refractivity contribution in [3.8, 4) is 5.75 Å². The molecule has 0 heterocycles. The van der Waals surface area contributed by atoms with Gasteiger partial charge in [-0.15, -0.1) is 0 Å². The van der Waals surface area contributed by atoms with Crippen molar-refractivity contribution in [3.05, 3.63) is 47.5 Å². The van der Waals surface area contributed by atoms with E-state index in [4.69, 9.17) is 11.6 Å². The second-order valence-corrected chi connectivity index (χ2v) is 5.51. The van der Waals surface area contributed by atoms with Crippen LogP contribution in [0.3, 0.4) is 0 Å². The standard InChI is InChI=1S/C13H11ClN2O4S/c14-8-1-6-12(17)11(7-8)16-13(18)15-9-2-4-10(5-3-9)21(19)20/h1-7,17,21H,(H2,15,16,18). The number of halogens is 1. The van der Waals surface area contributed by atoms with Crippen molar-refractivity contribution in [2.75, 3.05) is 10.6 Å². The van der Waals surface area contributed by atoms with E-state index in [1.807, 2.05) is 0 Å². The predicted molar refractivity (Wildman–Crippen MR) is 80.8 cm³/mol. The third-order valence-electron chi connectivity index (χ3n) is 2.54. The van der Waals surface area contributed by atoms with Gasteiger partial charge in [-0.1, -0.05) is 11.6 Å². The average molecular weight is 327 g/mol. The van der Waals surface area contributed by atoms with Crippen LogP contribution >= 0.6 is 11.6 Å². The molecule has 2 aromatic rings. The van der Waals surface area contributed by atoms with Gasteiger partial charge < -0.3 is 15.7 Å². The van der Waals surface area contributed by atoms with E-state index in [1.165, 1.54) is 42.5 Å². The highest BCUT2D eigenvalue weighted by molar-refractivity contribution is 7.72. The molecule has 0 aromatic heterocycles. The normalized spacial score (nSPS) is 10.4. The first-order valence-corrected chi connectivity index (χ1v) is 7.32. The van der Waals surface area contributed by atoms with Crippen LogP contribution in [0.4, 0.5) is 16.2 Å². The Morgan fingerprint density at radius 2 is 1.71 bits per heavy atom.